The van der Waals surface area contributed by atoms with Gasteiger partial charge in [0, 0.05) is 29.9 Å². The van der Waals surface area contributed by atoms with E-state index in [2.05, 4.69) is 4.98 Å². The van der Waals surface area contributed by atoms with Gasteiger partial charge in [0.15, 0.2) is 0 Å². The monoisotopic (exact) mass is 318 g/mol. The van der Waals surface area contributed by atoms with Crippen LogP contribution in [0.25, 0.3) is 10.9 Å². The van der Waals surface area contributed by atoms with Crippen LogP contribution in [0.15, 0.2) is 24.3 Å². The molecule has 0 unspecified atom stereocenters. The fourth-order valence-electron chi connectivity index (χ4n) is 3.23. The van der Waals surface area contributed by atoms with E-state index in [-0.39, 0.29) is 24.2 Å². The highest BCUT2D eigenvalue weighted by Gasteiger charge is 2.28. The number of carbonyl (C=O) groups excluding carboxylic acids is 1. The molecule has 2 N–H and O–H groups in total. The number of benzene rings is 1. The fraction of sp³-hybridized carbons (Fsp3) is 0.412. The predicted octanol–water partition coefficient (Wildman–Crippen LogP) is 3.17. The maximum Gasteiger partial charge on any atom is 0.303 e. The summed E-state index contributed by atoms with van der Waals surface area (Å²) in [7, 11) is 0. The third kappa shape index (κ3) is 3.36. The molecule has 3 rings (SSSR count). The number of hydrogen-bond donors (Lipinski definition) is 2. The number of amides is 1. The number of carboxylic acid groups (broad SMARTS) is 1. The van der Waals surface area contributed by atoms with Gasteiger partial charge in [0.25, 0.3) is 5.91 Å². The Morgan fingerprint density at radius 1 is 1.30 bits per heavy atom. The van der Waals surface area contributed by atoms with Gasteiger partial charge in [-0.3, -0.25) is 9.59 Å². The minimum absolute atomic E-state index is 0.0458. The van der Waals surface area contributed by atoms with Crippen LogP contribution in [0, 0.1) is 5.82 Å². The molecule has 23 heavy (non-hydrogen) atoms. The number of rotatable bonds is 4. The Hall–Kier alpha value is -2.37. The van der Waals surface area contributed by atoms with E-state index in [1.807, 2.05) is 0 Å². The maximum atomic E-state index is 13.3. The first-order valence-corrected chi connectivity index (χ1v) is 7.85. The summed E-state index contributed by atoms with van der Waals surface area (Å²) in [5, 5.41) is 9.52. The molecule has 2 heterocycles. The lowest BCUT2D eigenvalue weighted by atomic mass is 9.97. The highest BCUT2D eigenvalue weighted by atomic mass is 19.1. The SMILES string of the molecule is O=C(O)CC[C@@H]1CCCCN1C(=O)c1cc2cc(F)ccc2[nH]1. The molecule has 0 radical (unpaired) electrons. The number of likely N-dealkylation sites (tertiary alicyclic amines) is 1. The molecule has 1 aromatic heterocycles. The van der Waals surface area contributed by atoms with Crippen molar-refractivity contribution >= 4 is 22.8 Å². The molecule has 1 aliphatic heterocycles. The Labute approximate surface area is 133 Å². The molecule has 6 heteroatoms. The number of carbonyl (C=O) groups is 2. The summed E-state index contributed by atoms with van der Waals surface area (Å²) < 4.78 is 13.3. The van der Waals surface area contributed by atoms with Crippen molar-refractivity contribution in [1.82, 2.24) is 9.88 Å². The van der Waals surface area contributed by atoms with Gasteiger partial charge in [-0.15, -0.1) is 0 Å². The second-order valence-corrected chi connectivity index (χ2v) is 6.00. The largest absolute Gasteiger partial charge is 0.481 e. The zero-order valence-electron chi connectivity index (χ0n) is 12.7. The Bertz CT molecular complexity index is 741. The van der Waals surface area contributed by atoms with Gasteiger partial charge in [-0.1, -0.05) is 0 Å². The van der Waals surface area contributed by atoms with Gasteiger partial charge in [-0.05, 0) is 49.9 Å². The van der Waals surface area contributed by atoms with Crippen LogP contribution in [0.5, 0.6) is 0 Å². The van der Waals surface area contributed by atoms with Gasteiger partial charge in [-0.25, -0.2) is 4.39 Å². The molecule has 0 saturated carbocycles. The van der Waals surface area contributed by atoms with E-state index in [4.69, 9.17) is 5.11 Å². The molecule has 0 spiro atoms. The number of halogens is 1. The number of H-pyrrole nitrogens is 1. The van der Waals surface area contributed by atoms with Gasteiger partial charge in [0.1, 0.15) is 11.5 Å². The van der Waals surface area contributed by atoms with Crippen LogP contribution in [0.4, 0.5) is 4.39 Å². The molecule has 1 aromatic carbocycles. The number of nitrogens with one attached hydrogen (secondary N) is 1. The molecule has 5 nitrogen and oxygen atoms in total. The Kier molecular flexibility index (Phi) is 4.32. The highest BCUT2D eigenvalue weighted by molar-refractivity contribution is 5.98. The third-order valence-electron chi connectivity index (χ3n) is 4.39. The van der Waals surface area contributed by atoms with Gasteiger partial charge >= 0.3 is 5.97 Å². The van der Waals surface area contributed by atoms with Crippen LogP contribution < -0.4 is 0 Å². The molecule has 1 aliphatic rings. The highest BCUT2D eigenvalue weighted by Crippen LogP contribution is 2.24. The second-order valence-electron chi connectivity index (χ2n) is 6.00. The van der Waals surface area contributed by atoms with E-state index in [0.29, 0.717) is 29.6 Å². The second kappa shape index (κ2) is 6.40. The van der Waals surface area contributed by atoms with Crippen molar-refractivity contribution in [2.75, 3.05) is 6.54 Å². The standard InChI is InChI=1S/C17H19FN2O3/c18-12-4-6-14-11(9-12)10-15(19-14)17(23)20-8-2-1-3-13(20)5-7-16(21)22/h4,6,9-10,13,19H,1-3,5,7-8H2,(H,21,22)/t13-/m0/s1. The minimum atomic E-state index is -0.843. The number of carboxylic acids is 1. The number of aliphatic carboxylic acids is 1. The summed E-state index contributed by atoms with van der Waals surface area (Å²) in [6.07, 6.45) is 3.28. The Morgan fingerprint density at radius 3 is 2.91 bits per heavy atom. The minimum Gasteiger partial charge on any atom is -0.481 e. The van der Waals surface area contributed by atoms with Gasteiger partial charge < -0.3 is 15.0 Å². The lowest BCUT2D eigenvalue weighted by Gasteiger charge is -2.35. The summed E-state index contributed by atoms with van der Waals surface area (Å²) in [6, 6.07) is 5.96. The van der Waals surface area contributed by atoms with E-state index in [9.17, 15) is 14.0 Å². The van der Waals surface area contributed by atoms with Crippen molar-refractivity contribution in [3.05, 3.63) is 35.8 Å². The Balaban J connectivity index is 1.81. The first-order valence-electron chi connectivity index (χ1n) is 7.85. The topological polar surface area (TPSA) is 73.4 Å². The Morgan fingerprint density at radius 2 is 2.13 bits per heavy atom. The quantitative estimate of drug-likeness (QED) is 0.909. The smallest absolute Gasteiger partial charge is 0.303 e. The average molecular weight is 318 g/mol. The molecule has 2 aromatic rings. The van der Waals surface area contributed by atoms with E-state index >= 15 is 0 Å². The zero-order chi connectivity index (χ0) is 16.4. The van der Waals surface area contributed by atoms with Crippen molar-refractivity contribution in [2.45, 2.75) is 38.1 Å². The molecule has 122 valence electrons. The van der Waals surface area contributed by atoms with E-state index in [1.54, 1.807) is 17.0 Å². The average Bonchev–Trinajstić information content (AvgIpc) is 2.95. The van der Waals surface area contributed by atoms with E-state index < -0.39 is 5.97 Å². The van der Waals surface area contributed by atoms with E-state index in [1.165, 1.54) is 12.1 Å². The molecular formula is C17H19FN2O3. The number of hydrogen-bond acceptors (Lipinski definition) is 2. The van der Waals surface area contributed by atoms with Crippen LogP contribution in [0.2, 0.25) is 0 Å². The van der Waals surface area contributed by atoms with Crippen molar-refractivity contribution in [3.8, 4) is 0 Å². The van der Waals surface area contributed by atoms with Crippen molar-refractivity contribution in [1.29, 1.82) is 0 Å². The number of aromatic amines is 1. The number of nitrogens with zero attached hydrogens (tertiary/aromatic N) is 1. The predicted molar refractivity (Wildman–Crippen MR) is 83.8 cm³/mol. The van der Waals surface area contributed by atoms with Gasteiger partial charge in [0.2, 0.25) is 0 Å². The summed E-state index contributed by atoms with van der Waals surface area (Å²) in [5.74, 6) is -1.33. The van der Waals surface area contributed by atoms with Crippen molar-refractivity contribution < 1.29 is 19.1 Å². The van der Waals surface area contributed by atoms with E-state index in [0.717, 1.165) is 19.3 Å². The maximum absolute atomic E-state index is 13.3. The lowest BCUT2D eigenvalue weighted by molar-refractivity contribution is -0.137. The van der Waals surface area contributed by atoms with Gasteiger partial charge in [-0.2, -0.15) is 0 Å². The first-order chi connectivity index (χ1) is 11.0. The molecule has 1 fully saturated rings. The normalized spacial score (nSPS) is 18.3. The summed E-state index contributed by atoms with van der Waals surface area (Å²) in [5.41, 5.74) is 1.14. The number of piperidine rings is 1. The summed E-state index contributed by atoms with van der Waals surface area (Å²) >= 11 is 0. The summed E-state index contributed by atoms with van der Waals surface area (Å²) in [4.78, 5) is 28.3. The molecule has 0 aliphatic carbocycles. The number of fused-ring (bicyclic) bond motifs is 1. The molecule has 1 saturated heterocycles. The van der Waals surface area contributed by atoms with Crippen LogP contribution in [-0.2, 0) is 4.79 Å². The van der Waals surface area contributed by atoms with Crippen LogP contribution in [0.1, 0.15) is 42.6 Å². The molecule has 1 atom stereocenters. The van der Waals surface area contributed by atoms with Crippen LogP contribution >= 0.6 is 0 Å². The van der Waals surface area contributed by atoms with Crippen molar-refractivity contribution in [2.24, 2.45) is 0 Å². The molecular weight excluding hydrogens is 299 g/mol. The third-order valence-corrected chi connectivity index (χ3v) is 4.39. The molecule has 1 amide bonds. The fourth-order valence-corrected chi connectivity index (χ4v) is 3.23. The number of aromatic nitrogens is 1. The van der Waals surface area contributed by atoms with Crippen LogP contribution in [0.3, 0.4) is 0 Å². The molecule has 0 bridgehead atoms. The lowest BCUT2D eigenvalue weighted by Crippen LogP contribution is -2.44. The van der Waals surface area contributed by atoms with Crippen molar-refractivity contribution in [3.63, 3.8) is 0 Å². The zero-order valence-corrected chi connectivity index (χ0v) is 12.7. The van der Waals surface area contributed by atoms with Gasteiger partial charge in [0.05, 0.1) is 0 Å². The summed E-state index contributed by atoms with van der Waals surface area (Å²) in [6.45, 7) is 0.632. The first kappa shape index (κ1) is 15.5. The van der Waals surface area contributed by atoms with Crippen LogP contribution in [-0.4, -0.2) is 39.5 Å².